The fourth-order valence-corrected chi connectivity index (χ4v) is 2.50. The summed E-state index contributed by atoms with van der Waals surface area (Å²) in [4.78, 5) is 4.30. The van der Waals surface area contributed by atoms with Gasteiger partial charge < -0.3 is 11.1 Å². The van der Waals surface area contributed by atoms with Crippen molar-refractivity contribution in [3.63, 3.8) is 0 Å². The molecule has 3 unspecified atom stereocenters. The molecule has 1 aromatic heterocycles. The summed E-state index contributed by atoms with van der Waals surface area (Å²) in [5, 5.41) is 3.49. The summed E-state index contributed by atoms with van der Waals surface area (Å²) in [6, 6.07) is 4.28. The molecule has 1 aliphatic carbocycles. The van der Waals surface area contributed by atoms with Gasteiger partial charge in [0, 0.05) is 12.2 Å². The first-order valence-corrected chi connectivity index (χ1v) is 6.15. The van der Waals surface area contributed by atoms with Gasteiger partial charge in [-0.05, 0) is 30.4 Å². The van der Waals surface area contributed by atoms with E-state index in [2.05, 4.69) is 24.1 Å². The van der Waals surface area contributed by atoms with Crippen LogP contribution in [0.2, 0.25) is 0 Å². The van der Waals surface area contributed by atoms with E-state index in [1.807, 2.05) is 12.1 Å². The zero-order chi connectivity index (χ0) is 11.5. The Morgan fingerprint density at radius 1 is 1.38 bits per heavy atom. The van der Waals surface area contributed by atoms with Crippen molar-refractivity contribution in [1.29, 1.82) is 0 Å². The predicted molar refractivity (Wildman–Crippen MR) is 68.2 cm³/mol. The number of hydrogen-bond donors (Lipinski definition) is 2. The van der Waals surface area contributed by atoms with Crippen molar-refractivity contribution in [1.82, 2.24) is 4.98 Å². The summed E-state index contributed by atoms with van der Waals surface area (Å²) in [7, 11) is 0. The number of aromatic nitrogens is 1. The Morgan fingerprint density at radius 2 is 2.19 bits per heavy atom. The lowest BCUT2D eigenvalue weighted by Gasteiger charge is -2.35. The zero-order valence-corrected chi connectivity index (χ0v) is 10.1. The standard InChI is InChI=1S/C13H21N3/c1-9-5-3-7-12(10(9)2)16-13-11(14)6-4-8-15-13/h4,6,8-10,12H,3,5,7,14H2,1-2H3,(H,15,16). The minimum Gasteiger partial charge on any atom is -0.396 e. The highest BCUT2D eigenvalue weighted by atomic mass is 15.0. The van der Waals surface area contributed by atoms with Gasteiger partial charge in [-0.3, -0.25) is 0 Å². The van der Waals surface area contributed by atoms with Crippen molar-refractivity contribution in [3.05, 3.63) is 18.3 Å². The summed E-state index contributed by atoms with van der Waals surface area (Å²) in [5.41, 5.74) is 6.64. The summed E-state index contributed by atoms with van der Waals surface area (Å²) in [6.45, 7) is 4.65. The van der Waals surface area contributed by atoms with Crippen molar-refractivity contribution in [3.8, 4) is 0 Å². The van der Waals surface area contributed by atoms with Gasteiger partial charge in [0.15, 0.2) is 0 Å². The van der Waals surface area contributed by atoms with Crippen LogP contribution >= 0.6 is 0 Å². The second kappa shape index (κ2) is 4.73. The highest BCUT2D eigenvalue weighted by Crippen LogP contribution is 2.31. The Bertz CT molecular complexity index is 351. The number of rotatable bonds is 2. The fraction of sp³-hybridized carbons (Fsp3) is 0.615. The third-order valence-corrected chi connectivity index (χ3v) is 3.87. The molecule has 3 N–H and O–H groups in total. The Hall–Kier alpha value is -1.25. The molecule has 0 spiro atoms. The highest BCUT2D eigenvalue weighted by Gasteiger charge is 2.27. The van der Waals surface area contributed by atoms with Crippen LogP contribution in [0.25, 0.3) is 0 Å². The maximum atomic E-state index is 5.89. The molecule has 0 bridgehead atoms. The molecule has 3 nitrogen and oxygen atoms in total. The van der Waals surface area contributed by atoms with Crippen molar-refractivity contribution in [2.75, 3.05) is 11.1 Å². The third-order valence-electron chi connectivity index (χ3n) is 3.87. The van der Waals surface area contributed by atoms with E-state index in [1.165, 1.54) is 19.3 Å². The topological polar surface area (TPSA) is 50.9 Å². The second-order valence-corrected chi connectivity index (χ2v) is 4.96. The Balaban J connectivity index is 2.06. The van der Waals surface area contributed by atoms with E-state index in [0.29, 0.717) is 12.0 Å². The van der Waals surface area contributed by atoms with Gasteiger partial charge in [0.1, 0.15) is 5.82 Å². The first-order chi connectivity index (χ1) is 7.68. The molecule has 88 valence electrons. The highest BCUT2D eigenvalue weighted by molar-refractivity contribution is 5.60. The van der Waals surface area contributed by atoms with E-state index in [-0.39, 0.29) is 0 Å². The molecule has 3 atom stereocenters. The van der Waals surface area contributed by atoms with E-state index < -0.39 is 0 Å². The fourth-order valence-electron chi connectivity index (χ4n) is 2.50. The van der Waals surface area contributed by atoms with Crippen LogP contribution in [-0.4, -0.2) is 11.0 Å². The predicted octanol–water partition coefficient (Wildman–Crippen LogP) is 2.90. The van der Waals surface area contributed by atoms with Crippen LogP contribution in [0.3, 0.4) is 0 Å². The van der Waals surface area contributed by atoms with Crippen LogP contribution < -0.4 is 11.1 Å². The lowest BCUT2D eigenvalue weighted by atomic mass is 9.78. The van der Waals surface area contributed by atoms with E-state index in [1.54, 1.807) is 6.20 Å². The molecule has 1 aliphatic rings. The zero-order valence-electron chi connectivity index (χ0n) is 10.1. The van der Waals surface area contributed by atoms with Gasteiger partial charge in [-0.25, -0.2) is 4.98 Å². The maximum Gasteiger partial charge on any atom is 0.149 e. The van der Waals surface area contributed by atoms with Gasteiger partial charge in [-0.15, -0.1) is 0 Å². The molecule has 3 heteroatoms. The smallest absolute Gasteiger partial charge is 0.149 e. The van der Waals surface area contributed by atoms with Crippen LogP contribution in [0, 0.1) is 11.8 Å². The molecule has 1 saturated carbocycles. The van der Waals surface area contributed by atoms with Crippen LogP contribution in [0.15, 0.2) is 18.3 Å². The van der Waals surface area contributed by atoms with Gasteiger partial charge in [0.05, 0.1) is 5.69 Å². The molecular formula is C13H21N3. The van der Waals surface area contributed by atoms with E-state index >= 15 is 0 Å². The van der Waals surface area contributed by atoms with Crippen LogP contribution in [0.5, 0.6) is 0 Å². The lowest BCUT2D eigenvalue weighted by molar-refractivity contribution is 0.253. The van der Waals surface area contributed by atoms with Gasteiger partial charge in [0.2, 0.25) is 0 Å². The molecule has 0 amide bonds. The van der Waals surface area contributed by atoms with Crippen molar-refractivity contribution >= 4 is 11.5 Å². The number of nitrogens with zero attached hydrogens (tertiary/aromatic N) is 1. The second-order valence-electron chi connectivity index (χ2n) is 4.96. The molecular weight excluding hydrogens is 198 g/mol. The molecule has 2 rings (SSSR count). The number of nitrogen functional groups attached to an aromatic ring is 1. The Morgan fingerprint density at radius 3 is 2.94 bits per heavy atom. The maximum absolute atomic E-state index is 5.89. The quantitative estimate of drug-likeness (QED) is 0.804. The van der Waals surface area contributed by atoms with E-state index in [0.717, 1.165) is 17.4 Å². The van der Waals surface area contributed by atoms with Crippen molar-refractivity contribution < 1.29 is 0 Å². The Labute approximate surface area is 97.5 Å². The summed E-state index contributed by atoms with van der Waals surface area (Å²) < 4.78 is 0. The lowest BCUT2D eigenvalue weighted by Crippen LogP contribution is -2.35. The minimum absolute atomic E-state index is 0.515. The number of hydrogen-bond acceptors (Lipinski definition) is 3. The van der Waals surface area contributed by atoms with Crippen LogP contribution in [0.1, 0.15) is 33.1 Å². The average Bonchev–Trinajstić information content (AvgIpc) is 2.28. The number of pyridine rings is 1. The molecule has 0 aromatic carbocycles. The summed E-state index contributed by atoms with van der Waals surface area (Å²) in [6.07, 6.45) is 5.66. The molecule has 1 fully saturated rings. The number of nitrogens with two attached hydrogens (primary N) is 1. The SMILES string of the molecule is CC1CCCC(Nc2ncccc2N)C1C. The van der Waals surface area contributed by atoms with E-state index in [9.17, 15) is 0 Å². The average molecular weight is 219 g/mol. The van der Waals surface area contributed by atoms with Crippen molar-refractivity contribution in [2.45, 2.75) is 39.2 Å². The van der Waals surface area contributed by atoms with Crippen LogP contribution in [0.4, 0.5) is 11.5 Å². The largest absolute Gasteiger partial charge is 0.396 e. The first-order valence-electron chi connectivity index (χ1n) is 6.15. The van der Waals surface area contributed by atoms with Crippen LogP contribution in [-0.2, 0) is 0 Å². The van der Waals surface area contributed by atoms with Gasteiger partial charge in [-0.1, -0.05) is 26.7 Å². The molecule has 1 aromatic rings. The summed E-state index contributed by atoms with van der Waals surface area (Å²) >= 11 is 0. The minimum atomic E-state index is 0.515. The first kappa shape index (κ1) is 11.2. The number of nitrogens with one attached hydrogen (secondary N) is 1. The molecule has 0 radical (unpaired) electrons. The normalized spacial score (nSPS) is 30.0. The molecule has 1 heterocycles. The monoisotopic (exact) mass is 219 g/mol. The Kier molecular flexibility index (Phi) is 3.32. The summed E-state index contributed by atoms with van der Waals surface area (Å²) in [5.74, 6) is 2.32. The van der Waals surface area contributed by atoms with Gasteiger partial charge in [0.25, 0.3) is 0 Å². The van der Waals surface area contributed by atoms with Gasteiger partial charge >= 0.3 is 0 Å². The number of anilines is 2. The molecule has 0 saturated heterocycles. The van der Waals surface area contributed by atoms with E-state index in [4.69, 9.17) is 5.73 Å². The molecule has 16 heavy (non-hydrogen) atoms. The third kappa shape index (κ3) is 2.29. The molecule has 0 aliphatic heterocycles. The van der Waals surface area contributed by atoms with Gasteiger partial charge in [-0.2, -0.15) is 0 Å². The van der Waals surface area contributed by atoms with Crippen molar-refractivity contribution in [2.24, 2.45) is 11.8 Å².